The molecule has 0 N–H and O–H groups in total. The van der Waals surface area contributed by atoms with E-state index >= 15 is 0 Å². The molecule has 43 heavy (non-hydrogen) atoms. The maximum atomic E-state index is 8.69. The molecule has 0 radical (unpaired) electrons. The average Bonchev–Trinajstić information content (AvgIpc) is 3.50. The molecule has 0 atom stereocenters. The summed E-state index contributed by atoms with van der Waals surface area (Å²) in [7, 11) is 0. The molecule has 0 aliphatic heterocycles. The van der Waals surface area contributed by atoms with Crippen molar-refractivity contribution in [1.29, 1.82) is 0 Å². The molecule has 1 nitrogen and oxygen atoms in total. The highest BCUT2D eigenvalue weighted by molar-refractivity contribution is 6.24. The summed E-state index contributed by atoms with van der Waals surface area (Å²) in [5.74, 6) is 0. The average molecular weight is 552 g/mol. The van der Waals surface area contributed by atoms with Crippen molar-refractivity contribution in [3.63, 3.8) is 0 Å². The minimum atomic E-state index is -0.396. The van der Waals surface area contributed by atoms with Gasteiger partial charge in [-0.3, -0.25) is 0 Å². The van der Waals surface area contributed by atoms with Crippen LogP contribution in [0, 0.1) is 0 Å². The fourth-order valence-electron chi connectivity index (χ4n) is 6.73. The first-order chi connectivity index (χ1) is 23.4. The molecule has 9 rings (SSSR count). The molecule has 9 aromatic rings. The number of para-hydroxylation sites is 1. The molecule has 1 heteroatoms. The molecule has 200 valence electrons. The van der Waals surface area contributed by atoms with Gasteiger partial charge in [-0.15, -0.1) is 0 Å². The van der Waals surface area contributed by atoms with Gasteiger partial charge in [-0.2, -0.15) is 0 Å². The van der Waals surface area contributed by atoms with Gasteiger partial charge >= 0.3 is 0 Å². The fourth-order valence-corrected chi connectivity index (χ4v) is 6.73. The molecule has 0 unspecified atom stereocenters. The Kier molecular flexibility index (Phi) is 4.27. The van der Waals surface area contributed by atoms with E-state index in [-0.39, 0.29) is 29.7 Å². The van der Waals surface area contributed by atoms with Crippen molar-refractivity contribution >= 4 is 54.3 Å². The van der Waals surface area contributed by atoms with Gasteiger partial charge in [0.2, 0.25) is 0 Å². The predicted molar refractivity (Wildman–Crippen MR) is 183 cm³/mol. The Morgan fingerprint density at radius 3 is 1.56 bits per heavy atom. The topological polar surface area (TPSA) is 13.1 Å². The molecular formula is C42H26O. The van der Waals surface area contributed by atoms with Crippen molar-refractivity contribution in [1.82, 2.24) is 0 Å². The monoisotopic (exact) mass is 551 g/mol. The number of benzene rings is 8. The largest absolute Gasteiger partial charge is 0.456 e. The van der Waals surface area contributed by atoms with Crippen molar-refractivity contribution in [2.45, 2.75) is 0 Å². The van der Waals surface area contributed by atoms with Crippen LogP contribution in [0.15, 0.2) is 162 Å². The zero-order chi connectivity index (χ0) is 32.7. The summed E-state index contributed by atoms with van der Waals surface area (Å²) in [5.41, 5.74) is 6.82. The highest BCUT2D eigenvalue weighted by atomic mass is 16.3. The fraction of sp³-hybridized carbons (Fsp3) is 0. The number of fused-ring (bicyclic) bond motifs is 6. The van der Waals surface area contributed by atoms with E-state index in [1.165, 1.54) is 0 Å². The Morgan fingerprint density at radius 1 is 0.372 bits per heavy atom. The standard InChI is InChI=1S/C42H26O/c1-2-12-27(13-3-1)29-24-25-38(31-15-5-4-14-30(29)31)42-36-19-8-6-17-34(36)41(35-18-7-9-20-37(35)42)28-22-23-33-32-16-10-11-21-39(32)43-40(33)26-28/h1-26H/i1D,2D,3D,12D,13D. The zero-order valence-corrected chi connectivity index (χ0v) is 23.0. The zero-order valence-electron chi connectivity index (χ0n) is 28.0. The van der Waals surface area contributed by atoms with Crippen LogP contribution in [0.3, 0.4) is 0 Å². The highest BCUT2D eigenvalue weighted by Gasteiger charge is 2.19. The highest BCUT2D eigenvalue weighted by Crippen LogP contribution is 2.47. The van der Waals surface area contributed by atoms with E-state index in [0.29, 0.717) is 5.56 Å². The third-order valence-electron chi connectivity index (χ3n) is 8.56. The quantitative estimate of drug-likeness (QED) is 0.199. The van der Waals surface area contributed by atoms with Crippen molar-refractivity contribution in [2.75, 3.05) is 0 Å². The summed E-state index contributed by atoms with van der Waals surface area (Å²) in [4.78, 5) is 0. The van der Waals surface area contributed by atoms with Gasteiger partial charge < -0.3 is 4.42 Å². The van der Waals surface area contributed by atoms with Crippen LogP contribution in [0.1, 0.15) is 6.85 Å². The van der Waals surface area contributed by atoms with Gasteiger partial charge in [-0.1, -0.05) is 139 Å². The lowest BCUT2D eigenvalue weighted by molar-refractivity contribution is 0.669. The second kappa shape index (κ2) is 9.44. The molecule has 1 aromatic heterocycles. The molecular weight excluding hydrogens is 520 g/mol. The van der Waals surface area contributed by atoms with E-state index in [4.69, 9.17) is 11.3 Å². The third kappa shape index (κ3) is 3.65. The van der Waals surface area contributed by atoms with Crippen LogP contribution in [-0.2, 0) is 0 Å². The van der Waals surface area contributed by atoms with E-state index in [9.17, 15) is 0 Å². The minimum Gasteiger partial charge on any atom is -0.456 e. The summed E-state index contributed by atoms with van der Waals surface area (Å²) in [6.45, 7) is 0. The van der Waals surface area contributed by atoms with Gasteiger partial charge in [0.25, 0.3) is 0 Å². The second-order valence-corrected chi connectivity index (χ2v) is 10.9. The van der Waals surface area contributed by atoms with Gasteiger partial charge in [-0.05, 0) is 83.9 Å². The van der Waals surface area contributed by atoms with E-state index in [2.05, 4.69) is 78.9 Å². The molecule has 0 fully saturated rings. The number of hydrogen-bond donors (Lipinski definition) is 0. The SMILES string of the molecule is [2H]c1c([2H])c([2H])c(-c2ccc(-c3c4ccccc4c(-c4ccc5c(c4)oc4ccccc45)c4ccccc34)c3ccccc23)c([2H])c1[2H]. The third-order valence-corrected chi connectivity index (χ3v) is 8.56. The molecule has 0 bridgehead atoms. The molecule has 0 spiro atoms. The van der Waals surface area contributed by atoms with E-state index in [0.717, 1.165) is 76.5 Å². The summed E-state index contributed by atoms with van der Waals surface area (Å²) >= 11 is 0. The maximum absolute atomic E-state index is 8.69. The van der Waals surface area contributed by atoms with Crippen LogP contribution in [0.25, 0.3) is 87.6 Å². The van der Waals surface area contributed by atoms with Crippen molar-refractivity contribution in [3.05, 3.63) is 158 Å². The first-order valence-corrected chi connectivity index (χ1v) is 14.4. The summed E-state index contributed by atoms with van der Waals surface area (Å²) in [6.07, 6.45) is 0. The Hall–Kier alpha value is -5.66. The van der Waals surface area contributed by atoms with Crippen molar-refractivity contribution < 1.29 is 11.3 Å². The Labute approximate surface area is 256 Å². The normalized spacial score (nSPS) is 13.3. The first-order valence-electron chi connectivity index (χ1n) is 16.9. The van der Waals surface area contributed by atoms with Crippen LogP contribution in [0.2, 0.25) is 0 Å². The van der Waals surface area contributed by atoms with E-state index in [1.807, 2.05) is 48.5 Å². The smallest absolute Gasteiger partial charge is 0.136 e. The van der Waals surface area contributed by atoms with Gasteiger partial charge in [0.15, 0.2) is 0 Å². The van der Waals surface area contributed by atoms with Crippen molar-refractivity contribution in [3.8, 4) is 33.4 Å². The Balaban J connectivity index is 1.35. The summed E-state index contributed by atoms with van der Waals surface area (Å²) in [5, 5.41) is 8.36. The van der Waals surface area contributed by atoms with Crippen LogP contribution < -0.4 is 0 Å². The summed E-state index contributed by atoms with van der Waals surface area (Å²) in [6, 6.07) is 41.9. The van der Waals surface area contributed by atoms with Crippen LogP contribution >= 0.6 is 0 Å². The molecule has 0 aliphatic carbocycles. The van der Waals surface area contributed by atoms with Gasteiger partial charge in [0.1, 0.15) is 11.2 Å². The lowest BCUT2D eigenvalue weighted by Gasteiger charge is -2.19. The van der Waals surface area contributed by atoms with E-state index < -0.39 is 6.04 Å². The Bertz CT molecular complexity index is 2710. The van der Waals surface area contributed by atoms with Crippen LogP contribution in [0.4, 0.5) is 0 Å². The number of rotatable bonds is 3. The molecule has 0 saturated carbocycles. The summed E-state index contributed by atoms with van der Waals surface area (Å²) < 4.78 is 48.4. The molecule has 0 aliphatic rings. The molecule has 0 amide bonds. The molecule has 8 aromatic carbocycles. The maximum Gasteiger partial charge on any atom is 0.136 e. The molecule has 1 heterocycles. The predicted octanol–water partition coefficient (Wildman–Crippen LogP) is 12.0. The van der Waals surface area contributed by atoms with E-state index in [1.54, 1.807) is 0 Å². The van der Waals surface area contributed by atoms with Gasteiger partial charge in [0, 0.05) is 10.8 Å². The van der Waals surface area contributed by atoms with Gasteiger partial charge in [0.05, 0.1) is 6.85 Å². The molecule has 0 saturated heterocycles. The Morgan fingerprint density at radius 2 is 0.884 bits per heavy atom. The second-order valence-electron chi connectivity index (χ2n) is 10.9. The first kappa shape index (κ1) is 19.5. The number of hydrogen-bond acceptors (Lipinski definition) is 1. The number of furan rings is 1. The van der Waals surface area contributed by atoms with Gasteiger partial charge in [-0.25, -0.2) is 0 Å². The lowest BCUT2D eigenvalue weighted by Crippen LogP contribution is -1.92. The van der Waals surface area contributed by atoms with Crippen LogP contribution in [0.5, 0.6) is 0 Å². The lowest BCUT2D eigenvalue weighted by atomic mass is 9.83. The minimum absolute atomic E-state index is 0.204. The van der Waals surface area contributed by atoms with Crippen LogP contribution in [-0.4, -0.2) is 0 Å². The van der Waals surface area contributed by atoms with Crippen molar-refractivity contribution in [2.24, 2.45) is 0 Å².